The van der Waals surface area contributed by atoms with Crippen molar-refractivity contribution in [1.29, 1.82) is 0 Å². The highest BCUT2D eigenvalue weighted by Crippen LogP contribution is 2.68. The third kappa shape index (κ3) is 6.59. The average Bonchev–Trinajstić information content (AvgIpc) is 3.21. The molecule has 4 rings (SSSR count). The SMILES string of the molecule is C[C@H](COS(=O)(=O)O)[C@H]1CC[C@H]2[C@@H]3[C@H](F)C[C@H]4C[C@@H](NCCCNCCCCN)CC[C@]4(C)[C@H]3CC[C@]12C. The van der Waals surface area contributed by atoms with Crippen molar-refractivity contribution < 1.29 is 21.5 Å². The van der Waals surface area contributed by atoms with Gasteiger partial charge in [0.15, 0.2) is 0 Å². The van der Waals surface area contributed by atoms with Crippen molar-refractivity contribution in [2.75, 3.05) is 32.8 Å². The van der Waals surface area contributed by atoms with E-state index < -0.39 is 16.6 Å². The zero-order valence-electron chi connectivity index (χ0n) is 24.0. The van der Waals surface area contributed by atoms with Gasteiger partial charge in [-0.25, -0.2) is 8.57 Å². The van der Waals surface area contributed by atoms with Crippen LogP contribution in [0.4, 0.5) is 4.39 Å². The quantitative estimate of drug-likeness (QED) is 0.191. The second-order valence-corrected chi connectivity index (χ2v) is 14.8. The highest BCUT2D eigenvalue weighted by Gasteiger charge is 2.63. The molecule has 0 saturated heterocycles. The standard InChI is InChI=1S/C29H54FN3O4S/c1-20(19-37-38(34,35)36)23-7-8-24-27-25(10-12-29(23,24)3)28(2)11-9-22(17-21(28)18-26(27)30)33-16-6-15-32-14-5-4-13-31/h20-27,32-33H,4-19,31H2,1-3H3,(H,34,35,36)/t20-,21-,22+,23-,24+,25+,26-,27+,28+,29-/m1/s1. The lowest BCUT2D eigenvalue weighted by Gasteiger charge is -2.62. The molecule has 0 bridgehead atoms. The summed E-state index contributed by atoms with van der Waals surface area (Å²) in [6.07, 6.45) is 10.9. The number of halogens is 1. The van der Waals surface area contributed by atoms with Gasteiger partial charge in [0.1, 0.15) is 6.17 Å². The maximum atomic E-state index is 16.1. The first-order valence-electron chi connectivity index (χ1n) is 15.4. The summed E-state index contributed by atoms with van der Waals surface area (Å²) in [6, 6.07) is 0.502. The predicted molar refractivity (Wildman–Crippen MR) is 150 cm³/mol. The van der Waals surface area contributed by atoms with E-state index in [0.717, 1.165) is 77.5 Å². The minimum absolute atomic E-state index is 0.00250. The maximum Gasteiger partial charge on any atom is 0.397 e. The monoisotopic (exact) mass is 559 g/mol. The van der Waals surface area contributed by atoms with Crippen molar-refractivity contribution in [3.8, 4) is 0 Å². The van der Waals surface area contributed by atoms with E-state index >= 15 is 4.39 Å². The van der Waals surface area contributed by atoms with Crippen LogP contribution >= 0.6 is 0 Å². The third-order valence-corrected chi connectivity index (χ3v) is 12.1. The lowest BCUT2D eigenvalue weighted by atomic mass is 9.44. The van der Waals surface area contributed by atoms with Gasteiger partial charge in [0.2, 0.25) is 0 Å². The summed E-state index contributed by atoms with van der Waals surface area (Å²) in [6.45, 7) is 10.7. The van der Waals surface area contributed by atoms with E-state index in [4.69, 9.17) is 14.5 Å². The fourth-order valence-electron chi connectivity index (χ4n) is 9.68. The molecule has 0 amide bonds. The van der Waals surface area contributed by atoms with Gasteiger partial charge in [0.05, 0.1) is 6.61 Å². The van der Waals surface area contributed by atoms with Crippen LogP contribution in [0.1, 0.15) is 91.4 Å². The van der Waals surface area contributed by atoms with E-state index in [1.54, 1.807) is 0 Å². The summed E-state index contributed by atoms with van der Waals surface area (Å²) in [5.41, 5.74) is 5.78. The molecule has 0 spiro atoms. The molecule has 0 heterocycles. The first kappa shape index (κ1) is 30.6. The molecule has 9 heteroatoms. The minimum atomic E-state index is -4.44. The van der Waals surface area contributed by atoms with Crippen molar-refractivity contribution in [1.82, 2.24) is 10.6 Å². The van der Waals surface area contributed by atoms with Crippen LogP contribution in [0.5, 0.6) is 0 Å². The zero-order chi connectivity index (χ0) is 27.6. The van der Waals surface area contributed by atoms with E-state index in [9.17, 15) is 8.42 Å². The van der Waals surface area contributed by atoms with Crippen LogP contribution in [0.15, 0.2) is 0 Å². The van der Waals surface area contributed by atoms with E-state index in [1.165, 1.54) is 12.8 Å². The van der Waals surface area contributed by atoms with Gasteiger partial charge in [-0.1, -0.05) is 20.8 Å². The van der Waals surface area contributed by atoms with Crippen molar-refractivity contribution in [2.24, 2.45) is 52.1 Å². The van der Waals surface area contributed by atoms with Gasteiger partial charge in [-0.15, -0.1) is 0 Å². The van der Waals surface area contributed by atoms with Crippen LogP contribution in [0, 0.1) is 46.3 Å². The van der Waals surface area contributed by atoms with Gasteiger partial charge in [-0.3, -0.25) is 4.55 Å². The number of hydrogen-bond acceptors (Lipinski definition) is 6. The van der Waals surface area contributed by atoms with E-state index in [-0.39, 0.29) is 29.3 Å². The lowest BCUT2D eigenvalue weighted by Crippen LogP contribution is -2.58. The normalized spacial score (nSPS) is 41.8. The molecule has 0 unspecified atom stereocenters. The van der Waals surface area contributed by atoms with Gasteiger partial charge in [-0.2, -0.15) is 8.42 Å². The molecule has 5 N–H and O–H groups in total. The molecule has 10 atom stereocenters. The van der Waals surface area contributed by atoms with E-state index in [1.807, 2.05) is 6.92 Å². The Morgan fingerprint density at radius 3 is 2.45 bits per heavy atom. The molecule has 4 fully saturated rings. The van der Waals surface area contributed by atoms with Crippen LogP contribution < -0.4 is 16.4 Å². The summed E-state index contributed by atoms with van der Waals surface area (Å²) in [5, 5.41) is 7.29. The Morgan fingerprint density at radius 2 is 1.71 bits per heavy atom. The van der Waals surface area contributed by atoms with E-state index in [0.29, 0.717) is 36.1 Å². The van der Waals surface area contributed by atoms with Gasteiger partial charge >= 0.3 is 10.4 Å². The molecule has 0 aromatic rings. The molecule has 4 aliphatic rings. The maximum absolute atomic E-state index is 16.1. The molecule has 4 saturated carbocycles. The molecular weight excluding hydrogens is 505 g/mol. The molecule has 0 radical (unpaired) electrons. The molecule has 0 aliphatic heterocycles. The Morgan fingerprint density at radius 1 is 1.00 bits per heavy atom. The number of nitrogens with one attached hydrogen (secondary N) is 2. The third-order valence-electron chi connectivity index (χ3n) is 11.7. The van der Waals surface area contributed by atoms with Crippen LogP contribution in [-0.2, 0) is 14.6 Å². The fraction of sp³-hybridized carbons (Fsp3) is 1.00. The van der Waals surface area contributed by atoms with Crippen molar-refractivity contribution in [2.45, 2.75) is 104 Å². The minimum Gasteiger partial charge on any atom is -0.330 e. The largest absolute Gasteiger partial charge is 0.397 e. The average molecular weight is 560 g/mol. The van der Waals surface area contributed by atoms with Gasteiger partial charge < -0.3 is 16.4 Å². The van der Waals surface area contributed by atoms with E-state index in [2.05, 4.69) is 24.5 Å². The number of nitrogens with two attached hydrogens (primary N) is 1. The fourth-order valence-corrected chi connectivity index (χ4v) is 10.1. The van der Waals surface area contributed by atoms with Gasteiger partial charge in [0, 0.05) is 6.04 Å². The number of rotatable bonds is 13. The second kappa shape index (κ2) is 12.7. The Labute approximate surface area is 230 Å². The highest BCUT2D eigenvalue weighted by atomic mass is 32.3. The zero-order valence-corrected chi connectivity index (χ0v) is 24.8. The summed E-state index contributed by atoms with van der Waals surface area (Å²) >= 11 is 0. The number of fused-ring (bicyclic) bond motifs is 5. The smallest absolute Gasteiger partial charge is 0.330 e. The first-order valence-corrected chi connectivity index (χ1v) is 16.8. The number of unbranched alkanes of at least 4 members (excludes halogenated alkanes) is 1. The predicted octanol–water partition coefficient (Wildman–Crippen LogP) is 4.73. The molecule has 7 nitrogen and oxygen atoms in total. The lowest BCUT2D eigenvalue weighted by molar-refractivity contribution is -0.149. The van der Waals surface area contributed by atoms with Crippen LogP contribution in [-0.4, -0.2) is 58.0 Å². The Hall–Kier alpha value is -0.320. The van der Waals surface area contributed by atoms with Gasteiger partial charge in [-0.05, 0) is 143 Å². The van der Waals surface area contributed by atoms with Crippen LogP contribution in [0.2, 0.25) is 0 Å². The highest BCUT2D eigenvalue weighted by molar-refractivity contribution is 7.80. The van der Waals surface area contributed by atoms with Crippen LogP contribution in [0.3, 0.4) is 0 Å². The summed E-state index contributed by atoms with van der Waals surface area (Å²) in [4.78, 5) is 0. The molecular formula is C29H54FN3O4S. The van der Waals surface area contributed by atoms with Gasteiger partial charge in [0.25, 0.3) is 0 Å². The molecule has 4 aliphatic carbocycles. The van der Waals surface area contributed by atoms with Crippen LogP contribution in [0.25, 0.3) is 0 Å². The Bertz CT molecular complexity index is 878. The molecule has 222 valence electrons. The number of alkyl halides is 1. The number of hydrogen-bond donors (Lipinski definition) is 4. The molecule has 38 heavy (non-hydrogen) atoms. The topological polar surface area (TPSA) is 114 Å². The molecule has 0 aromatic carbocycles. The Kier molecular flexibility index (Phi) is 10.2. The first-order chi connectivity index (χ1) is 18.0. The summed E-state index contributed by atoms with van der Waals surface area (Å²) in [7, 11) is -4.44. The summed E-state index contributed by atoms with van der Waals surface area (Å²) < 4.78 is 52.2. The van der Waals surface area contributed by atoms with Crippen molar-refractivity contribution in [3.63, 3.8) is 0 Å². The van der Waals surface area contributed by atoms with Crippen molar-refractivity contribution in [3.05, 3.63) is 0 Å². The van der Waals surface area contributed by atoms with Crippen molar-refractivity contribution >= 4 is 10.4 Å². The Balaban J connectivity index is 1.32. The molecule has 0 aromatic heterocycles. The summed E-state index contributed by atoms with van der Waals surface area (Å²) in [5.74, 6) is 1.66. The second-order valence-electron chi connectivity index (χ2n) is 13.7.